The second-order valence-electron chi connectivity index (χ2n) is 13.4. The smallest absolute Gasteiger partial charge is 0.475 e. The maximum absolute atomic E-state index is 14.4. The lowest BCUT2D eigenvalue weighted by Crippen LogP contribution is -2.35. The van der Waals surface area contributed by atoms with Gasteiger partial charge in [0.2, 0.25) is 5.76 Å². The number of hydrogen-bond donors (Lipinski definition) is 1. The first-order valence-electron chi connectivity index (χ1n) is 17.7. The van der Waals surface area contributed by atoms with Crippen molar-refractivity contribution in [3.8, 4) is 0 Å². The van der Waals surface area contributed by atoms with Gasteiger partial charge in [0.05, 0.1) is 42.1 Å². The van der Waals surface area contributed by atoms with Crippen LogP contribution < -0.4 is 0 Å². The van der Waals surface area contributed by atoms with Crippen molar-refractivity contribution in [3.63, 3.8) is 0 Å². The zero-order valence-electron chi connectivity index (χ0n) is 31.3. The first kappa shape index (κ1) is 47.2. The number of hydrogen-bond acceptors (Lipinski definition) is 9. The summed E-state index contributed by atoms with van der Waals surface area (Å²) in [5.74, 6) is -4.03. The van der Waals surface area contributed by atoms with Crippen molar-refractivity contribution in [2.75, 3.05) is 13.2 Å². The number of benzene rings is 3. The molecule has 0 fully saturated rings. The van der Waals surface area contributed by atoms with Gasteiger partial charge < -0.3 is 19.3 Å². The molecule has 0 amide bonds. The van der Waals surface area contributed by atoms with E-state index >= 15 is 0 Å². The average Bonchev–Trinajstić information content (AvgIpc) is 3.49. The van der Waals surface area contributed by atoms with Gasteiger partial charge >= 0.3 is 38.5 Å². The molecule has 3 aromatic carbocycles. The van der Waals surface area contributed by atoms with Gasteiger partial charge in [-0.15, -0.1) is 0 Å². The molecule has 0 spiro atoms. The van der Waals surface area contributed by atoms with Crippen LogP contribution in [0.25, 0.3) is 0 Å². The van der Waals surface area contributed by atoms with Crippen LogP contribution in [0.15, 0.2) is 108 Å². The number of allylic oxidation sites excluding steroid dienone is 3. The third kappa shape index (κ3) is 12.0. The van der Waals surface area contributed by atoms with Crippen LogP contribution in [0.1, 0.15) is 46.7 Å². The van der Waals surface area contributed by atoms with Gasteiger partial charge in [-0.05, 0) is 41.7 Å². The van der Waals surface area contributed by atoms with Crippen molar-refractivity contribution >= 4 is 13.8 Å². The largest absolute Gasteiger partial charge is 0.485 e. The molecule has 0 saturated heterocycles. The molecule has 9 nitrogen and oxygen atoms in total. The zero-order valence-corrected chi connectivity index (χ0v) is 32.1. The number of aliphatic hydroxyl groups is 1. The molecule has 1 aliphatic heterocycles. The molecule has 2 unspecified atom stereocenters. The van der Waals surface area contributed by atoms with E-state index in [0.717, 1.165) is 48.5 Å². The standard InChI is InChI=1S/C39H33F12O9P/c1-22-14-15-30(39(49,50)51)26(16-22)21-58-61(54,57-20-25-10-4-7-13-29(25)38(46,47)48)60-31(17-52)32-33(55-18-23-8-2-5-11-27(23)36(40,41)42)34(35(53)59-32)56-19-24-9-3-6-12-28(24)37(43,44)45/h2-15,22,31-32,52H,16-21H2,1H3/t22?,31-,32+,61?/m0/s1. The van der Waals surface area contributed by atoms with E-state index in [-0.39, 0.29) is 6.42 Å². The van der Waals surface area contributed by atoms with Gasteiger partial charge in [-0.2, -0.15) is 52.7 Å². The number of cyclic esters (lactones) is 1. The topological polar surface area (TPSA) is 110 Å². The molecule has 3 aromatic rings. The van der Waals surface area contributed by atoms with Gasteiger partial charge in [-0.25, -0.2) is 9.36 Å². The predicted molar refractivity (Wildman–Crippen MR) is 187 cm³/mol. The molecule has 0 aromatic heterocycles. The van der Waals surface area contributed by atoms with Crippen molar-refractivity contribution in [2.24, 2.45) is 5.92 Å². The highest BCUT2D eigenvalue weighted by atomic mass is 31.2. The molecule has 61 heavy (non-hydrogen) atoms. The number of carbonyl (C=O) groups excluding carboxylic acids is 1. The summed E-state index contributed by atoms with van der Waals surface area (Å²) in [7, 11) is -5.55. The Hall–Kier alpha value is -4.82. The molecule has 22 heteroatoms. The Morgan fingerprint density at radius 3 is 1.62 bits per heavy atom. The highest BCUT2D eigenvalue weighted by Crippen LogP contribution is 2.54. The zero-order chi connectivity index (χ0) is 45.0. The first-order chi connectivity index (χ1) is 28.4. The number of rotatable bonds is 16. The molecular formula is C39H33F12O9P. The number of phosphoric ester groups is 1. The van der Waals surface area contributed by atoms with E-state index in [1.807, 2.05) is 0 Å². The second kappa shape index (κ2) is 18.7. The van der Waals surface area contributed by atoms with E-state index in [9.17, 15) is 67.2 Å². The van der Waals surface area contributed by atoms with E-state index in [4.69, 9.17) is 27.8 Å². The summed E-state index contributed by atoms with van der Waals surface area (Å²) in [6.07, 6.45) is -22.7. The quantitative estimate of drug-likeness (QED) is 0.0853. The lowest BCUT2D eigenvalue weighted by atomic mass is 9.91. The Morgan fingerprint density at radius 2 is 1.15 bits per heavy atom. The fraction of sp³-hybridized carbons (Fsp3) is 0.359. The van der Waals surface area contributed by atoms with Gasteiger partial charge in [-0.3, -0.25) is 13.6 Å². The van der Waals surface area contributed by atoms with Crippen LogP contribution in [-0.2, 0) is 75.5 Å². The Kier molecular flexibility index (Phi) is 14.4. The Bertz CT molecular complexity index is 2190. The second-order valence-corrected chi connectivity index (χ2v) is 15.1. The summed E-state index contributed by atoms with van der Waals surface area (Å²) >= 11 is 0. The van der Waals surface area contributed by atoms with Crippen molar-refractivity contribution in [1.29, 1.82) is 0 Å². The summed E-state index contributed by atoms with van der Waals surface area (Å²) in [4.78, 5) is 13.3. The molecule has 332 valence electrons. The molecule has 2 aliphatic rings. The summed E-state index contributed by atoms with van der Waals surface area (Å²) in [6.45, 7) is -4.37. The summed E-state index contributed by atoms with van der Waals surface area (Å²) in [5.41, 5.74) is -7.19. The maximum atomic E-state index is 14.4. The Morgan fingerprint density at radius 1 is 0.689 bits per heavy atom. The number of carbonyl (C=O) groups is 1. The maximum Gasteiger partial charge on any atom is 0.475 e. The monoisotopic (exact) mass is 904 g/mol. The molecule has 4 atom stereocenters. The molecule has 1 aliphatic carbocycles. The molecule has 0 radical (unpaired) electrons. The fourth-order valence-corrected chi connectivity index (χ4v) is 7.49. The van der Waals surface area contributed by atoms with Crippen LogP contribution in [0, 0.1) is 5.92 Å². The fourth-order valence-electron chi connectivity index (χ4n) is 6.18. The molecule has 1 N–H and O–H groups in total. The van der Waals surface area contributed by atoms with Gasteiger partial charge in [-0.1, -0.05) is 73.7 Å². The van der Waals surface area contributed by atoms with Crippen molar-refractivity contribution in [1.82, 2.24) is 0 Å². The SMILES string of the molecule is CC1C=CC(C(F)(F)F)=C(COP(=O)(OCc2ccccc2C(F)(F)F)O[C@@H](CO)[C@H]2OC(=O)C(OCc3ccccc3C(F)(F)F)=C2OCc2ccccc2C(F)(F)F)C1. The van der Waals surface area contributed by atoms with Crippen molar-refractivity contribution < 1.29 is 94.9 Å². The van der Waals surface area contributed by atoms with Crippen molar-refractivity contribution in [2.45, 2.75) is 70.1 Å². The molecule has 1 heterocycles. The van der Waals surface area contributed by atoms with E-state index in [0.29, 0.717) is 18.2 Å². The predicted octanol–water partition coefficient (Wildman–Crippen LogP) is 10.8. The molecule has 0 bridgehead atoms. The number of alkyl halides is 12. The minimum Gasteiger partial charge on any atom is -0.485 e. The van der Waals surface area contributed by atoms with E-state index < -0.39 is 146 Å². The minimum absolute atomic E-state index is 0.315. The molecule has 0 saturated carbocycles. The summed E-state index contributed by atoms with van der Waals surface area (Å²) in [5, 5.41) is 10.5. The van der Waals surface area contributed by atoms with Gasteiger partial charge in [0.15, 0.2) is 11.9 Å². The normalized spacial score (nSPS) is 19.2. The summed E-state index contributed by atoms with van der Waals surface area (Å²) in [6, 6.07) is 11.5. The average molecular weight is 905 g/mol. The molecule has 5 rings (SSSR count). The minimum atomic E-state index is -5.55. The lowest BCUT2D eigenvalue weighted by molar-refractivity contribution is -0.148. The Balaban J connectivity index is 1.54. The molecular weight excluding hydrogens is 871 g/mol. The van der Waals surface area contributed by atoms with Crippen LogP contribution in [0.4, 0.5) is 52.7 Å². The van der Waals surface area contributed by atoms with Crippen LogP contribution in [0.5, 0.6) is 0 Å². The third-order valence-corrected chi connectivity index (χ3v) is 10.4. The number of aliphatic hydroxyl groups excluding tert-OH is 1. The highest BCUT2D eigenvalue weighted by Gasteiger charge is 2.48. The number of halogens is 12. The van der Waals surface area contributed by atoms with Gasteiger partial charge in [0.1, 0.15) is 19.3 Å². The van der Waals surface area contributed by atoms with E-state index in [1.165, 1.54) is 25.1 Å². The third-order valence-electron chi connectivity index (χ3n) is 9.03. The summed E-state index contributed by atoms with van der Waals surface area (Å²) < 4.78 is 213. The number of ether oxygens (including phenoxy) is 3. The van der Waals surface area contributed by atoms with Crippen LogP contribution in [0.3, 0.4) is 0 Å². The van der Waals surface area contributed by atoms with Crippen LogP contribution >= 0.6 is 7.82 Å². The van der Waals surface area contributed by atoms with E-state index in [2.05, 4.69) is 0 Å². The number of esters is 1. The Labute approximate surface area is 338 Å². The first-order valence-corrected chi connectivity index (χ1v) is 19.2. The van der Waals surface area contributed by atoms with E-state index in [1.54, 1.807) is 0 Å². The van der Waals surface area contributed by atoms with Gasteiger partial charge in [0.25, 0.3) is 0 Å². The highest BCUT2D eigenvalue weighted by molar-refractivity contribution is 7.48. The van der Waals surface area contributed by atoms with Crippen LogP contribution in [0.2, 0.25) is 0 Å². The lowest BCUT2D eigenvalue weighted by Gasteiger charge is -2.28. The van der Waals surface area contributed by atoms with Gasteiger partial charge in [0, 0.05) is 11.1 Å². The van der Waals surface area contributed by atoms with Crippen molar-refractivity contribution in [3.05, 3.63) is 141 Å². The number of phosphoric acid groups is 1. The van der Waals surface area contributed by atoms with Crippen LogP contribution in [-0.4, -0.2) is 42.7 Å².